The maximum absolute atomic E-state index is 14.2. The highest BCUT2D eigenvalue weighted by atomic mass is 79.9. The van der Waals surface area contributed by atoms with Gasteiger partial charge in [0.15, 0.2) is 0 Å². The molecular weight excluding hydrogens is 513 g/mol. The number of anilines is 2. The first kappa shape index (κ1) is 24.6. The van der Waals surface area contributed by atoms with Crippen molar-refractivity contribution in [1.82, 2.24) is 5.32 Å². The molecule has 0 radical (unpaired) electrons. The zero-order chi connectivity index (χ0) is 24.8. The Hall–Kier alpha value is -3.52. The molecule has 1 aliphatic heterocycles. The number of nitrogens with zero attached hydrogens (tertiary/aromatic N) is 1. The number of halogens is 2. The molecule has 1 heterocycles. The van der Waals surface area contributed by atoms with Gasteiger partial charge in [0.2, 0.25) is 5.91 Å². The molecule has 3 aromatic rings. The van der Waals surface area contributed by atoms with Crippen LogP contribution in [0.5, 0.6) is 0 Å². The first-order chi connectivity index (χ1) is 16.9. The molecule has 0 aromatic heterocycles. The summed E-state index contributed by atoms with van der Waals surface area (Å²) >= 11 is 3.45. The largest absolute Gasteiger partial charge is 0.369 e. The molecule has 8 heteroatoms. The summed E-state index contributed by atoms with van der Waals surface area (Å²) in [6.45, 7) is 1.14. The molecule has 1 saturated heterocycles. The topological polar surface area (TPSA) is 78.5 Å². The van der Waals surface area contributed by atoms with E-state index in [2.05, 4.69) is 31.5 Å². The van der Waals surface area contributed by atoms with E-state index in [-0.39, 0.29) is 17.8 Å². The standard InChI is InChI=1S/C27H25BrFN3O3/c28-19-10-11-25(32-14-12-20(33)13-15-32)23(17-19)30-27(35)24(16-18-6-2-1-3-7-18)31-26(34)21-8-4-5-9-22(21)29/h1-11,17,24H,12-16H2,(H,30,35)(H,31,34)/t24-/m1/s1. The number of carbonyl (C=O) groups is 3. The summed E-state index contributed by atoms with van der Waals surface area (Å²) in [7, 11) is 0. The highest BCUT2D eigenvalue weighted by Gasteiger charge is 2.25. The van der Waals surface area contributed by atoms with Crippen LogP contribution in [-0.2, 0) is 16.0 Å². The van der Waals surface area contributed by atoms with Crippen molar-refractivity contribution in [3.8, 4) is 0 Å². The Morgan fingerprint density at radius 1 is 0.971 bits per heavy atom. The molecule has 0 aliphatic carbocycles. The van der Waals surface area contributed by atoms with E-state index in [9.17, 15) is 18.8 Å². The lowest BCUT2D eigenvalue weighted by molar-refractivity contribution is -0.119. The molecule has 0 bridgehead atoms. The van der Waals surface area contributed by atoms with E-state index in [0.717, 1.165) is 15.7 Å². The van der Waals surface area contributed by atoms with Crippen LogP contribution in [0.15, 0.2) is 77.3 Å². The van der Waals surface area contributed by atoms with Crippen molar-refractivity contribution in [3.63, 3.8) is 0 Å². The van der Waals surface area contributed by atoms with Crippen LogP contribution in [0.3, 0.4) is 0 Å². The SMILES string of the molecule is O=C1CCN(c2ccc(Br)cc2NC(=O)[C@@H](Cc2ccccc2)NC(=O)c2ccccc2F)CC1. The van der Waals surface area contributed by atoms with Crippen LogP contribution in [0.2, 0.25) is 0 Å². The monoisotopic (exact) mass is 537 g/mol. The number of benzene rings is 3. The summed E-state index contributed by atoms with van der Waals surface area (Å²) in [4.78, 5) is 40.1. The number of hydrogen-bond donors (Lipinski definition) is 2. The Morgan fingerprint density at radius 3 is 2.37 bits per heavy atom. The van der Waals surface area contributed by atoms with E-state index in [4.69, 9.17) is 0 Å². The highest BCUT2D eigenvalue weighted by Crippen LogP contribution is 2.31. The maximum atomic E-state index is 14.2. The van der Waals surface area contributed by atoms with Crippen molar-refractivity contribution in [1.29, 1.82) is 0 Å². The van der Waals surface area contributed by atoms with Crippen LogP contribution in [0.25, 0.3) is 0 Å². The molecule has 0 spiro atoms. The average Bonchev–Trinajstić information content (AvgIpc) is 2.85. The van der Waals surface area contributed by atoms with E-state index < -0.39 is 23.7 Å². The Morgan fingerprint density at radius 2 is 1.66 bits per heavy atom. The number of carbonyl (C=O) groups excluding carboxylic acids is 3. The second-order valence-corrected chi connectivity index (χ2v) is 9.29. The van der Waals surface area contributed by atoms with Gasteiger partial charge in [0, 0.05) is 36.8 Å². The Labute approximate surface area is 211 Å². The molecule has 2 amide bonds. The summed E-state index contributed by atoms with van der Waals surface area (Å²) in [5, 5.41) is 5.65. The van der Waals surface area contributed by atoms with E-state index in [1.54, 1.807) is 12.1 Å². The fraction of sp³-hybridized carbons (Fsp3) is 0.222. The fourth-order valence-corrected chi connectivity index (χ4v) is 4.40. The van der Waals surface area contributed by atoms with E-state index in [1.807, 2.05) is 42.5 Å². The van der Waals surface area contributed by atoms with Gasteiger partial charge in [-0.3, -0.25) is 14.4 Å². The van der Waals surface area contributed by atoms with Crippen LogP contribution in [0.1, 0.15) is 28.8 Å². The number of rotatable bonds is 7. The van der Waals surface area contributed by atoms with Gasteiger partial charge in [-0.2, -0.15) is 0 Å². The van der Waals surface area contributed by atoms with Crippen LogP contribution in [-0.4, -0.2) is 36.7 Å². The summed E-state index contributed by atoms with van der Waals surface area (Å²) < 4.78 is 15.0. The van der Waals surface area contributed by atoms with Gasteiger partial charge in [0.1, 0.15) is 17.6 Å². The zero-order valence-electron chi connectivity index (χ0n) is 19.0. The lowest BCUT2D eigenvalue weighted by Gasteiger charge is -2.30. The molecular formula is C27H25BrFN3O3. The average molecular weight is 538 g/mol. The normalized spacial score (nSPS) is 14.3. The number of ketones is 1. The molecule has 1 fully saturated rings. The molecule has 1 aliphatic rings. The predicted molar refractivity (Wildman–Crippen MR) is 137 cm³/mol. The number of hydrogen-bond acceptors (Lipinski definition) is 4. The van der Waals surface area contributed by atoms with E-state index in [1.165, 1.54) is 18.2 Å². The van der Waals surface area contributed by atoms with Crippen molar-refractivity contribution in [2.45, 2.75) is 25.3 Å². The molecule has 35 heavy (non-hydrogen) atoms. The molecule has 6 nitrogen and oxygen atoms in total. The van der Waals surface area contributed by atoms with Gasteiger partial charge in [-0.15, -0.1) is 0 Å². The van der Waals surface area contributed by atoms with Crippen LogP contribution in [0.4, 0.5) is 15.8 Å². The number of amides is 2. The lowest BCUT2D eigenvalue weighted by atomic mass is 10.0. The molecule has 3 aromatic carbocycles. The molecule has 0 unspecified atom stereocenters. The molecule has 180 valence electrons. The molecule has 1 atom stereocenters. The van der Waals surface area contributed by atoms with Gasteiger partial charge in [-0.05, 0) is 35.9 Å². The third-order valence-electron chi connectivity index (χ3n) is 5.90. The summed E-state index contributed by atoms with van der Waals surface area (Å²) in [5.74, 6) is -1.52. The van der Waals surface area contributed by atoms with Crippen molar-refractivity contribution in [2.24, 2.45) is 0 Å². The molecule has 0 saturated carbocycles. The summed E-state index contributed by atoms with van der Waals surface area (Å²) in [6, 6.07) is 19.6. The zero-order valence-corrected chi connectivity index (χ0v) is 20.6. The number of Topliss-reactive ketones (excluding diaryl/α,β-unsaturated/α-hetero) is 1. The van der Waals surface area contributed by atoms with Crippen LogP contribution in [0, 0.1) is 5.82 Å². The van der Waals surface area contributed by atoms with Crippen molar-refractivity contribution in [3.05, 3.63) is 94.2 Å². The van der Waals surface area contributed by atoms with Crippen molar-refractivity contribution in [2.75, 3.05) is 23.3 Å². The van der Waals surface area contributed by atoms with Gasteiger partial charge in [-0.25, -0.2) is 4.39 Å². The van der Waals surface area contributed by atoms with Gasteiger partial charge < -0.3 is 15.5 Å². The van der Waals surface area contributed by atoms with Crippen LogP contribution >= 0.6 is 15.9 Å². The van der Waals surface area contributed by atoms with E-state index in [0.29, 0.717) is 31.6 Å². The third kappa shape index (κ3) is 6.33. The first-order valence-electron chi connectivity index (χ1n) is 11.4. The summed E-state index contributed by atoms with van der Waals surface area (Å²) in [6.07, 6.45) is 1.14. The van der Waals surface area contributed by atoms with Crippen molar-refractivity contribution < 1.29 is 18.8 Å². The Bertz CT molecular complexity index is 1230. The van der Waals surface area contributed by atoms with Gasteiger partial charge >= 0.3 is 0 Å². The van der Waals surface area contributed by atoms with Gasteiger partial charge in [-0.1, -0.05) is 58.4 Å². The minimum absolute atomic E-state index is 0.125. The van der Waals surface area contributed by atoms with E-state index >= 15 is 0 Å². The van der Waals surface area contributed by atoms with Gasteiger partial charge in [0.05, 0.1) is 16.9 Å². The minimum atomic E-state index is -0.945. The number of piperidine rings is 1. The third-order valence-corrected chi connectivity index (χ3v) is 6.39. The lowest BCUT2D eigenvalue weighted by Crippen LogP contribution is -2.45. The highest BCUT2D eigenvalue weighted by molar-refractivity contribution is 9.10. The predicted octanol–water partition coefficient (Wildman–Crippen LogP) is 4.74. The van der Waals surface area contributed by atoms with Gasteiger partial charge in [0.25, 0.3) is 5.91 Å². The Balaban J connectivity index is 1.58. The summed E-state index contributed by atoms with van der Waals surface area (Å²) in [5.41, 5.74) is 2.09. The second kappa shape index (κ2) is 11.3. The molecule has 2 N–H and O–H groups in total. The van der Waals surface area contributed by atoms with Crippen molar-refractivity contribution >= 4 is 44.9 Å². The quantitative estimate of drug-likeness (QED) is 0.456. The first-order valence-corrected chi connectivity index (χ1v) is 12.2. The smallest absolute Gasteiger partial charge is 0.254 e. The molecule has 4 rings (SSSR count). The second-order valence-electron chi connectivity index (χ2n) is 8.37. The minimum Gasteiger partial charge on any atom is -0.369 e. The van der Waals surface area contributed by atoms with Crippen LogP contribution < -0.4 is 15.5 Å². The number of nitrogens with one attached hydrogen (secondary N) is 2. The maximum Gasteiger partial charge on any atom is 0.254 e. The Kier molecular flexibility index (Phi) is 7.92. The fourth-order valence-electron chi connectivity index (χ4n) is 4.04.